The summed E-state index contributed by atoms with van der Waals surface area (Å²) in [6.07, 6.45) is 0. The van der Waals surface area contributed by atoms with Gasteiger partial charge in [0.2, 0.25) is 0 Å². The predicted octanol–water partition coefficient (Wildman–Crippen LogP) is 3.99. The van der Waals surface area contributed by atoms with Crippen molar-refractivity contribution in [2.45, 2.75) is 26.8 Å². The molecular formula is C19H20ClNO3. The quantitative estimate of drug-likeness (QED) is 0.833. The molecule has 0 spiro atoms. The van der Waals surface area contributed by atoms with Crippen LogP contribution >= 0.6 is 11.6 Å². The van der Waals surface area contributed by atoms with Crippen LogP contribution in [0.4, 0.5) is 0 Å². The standard InChI is InChI=1S/C19H20ClNO3/c1-12-7-8-17(13(2)9-12)19(23)24-11-18(22)21-14(3)15-5-4-6-16(20)10-15/h4-10,14H,11H2,1-3H3,(H,21,22)/t14-/m0/s1. The Morgan fingerprint density at radius 3 is 2.58 bits per heavy atom. The van der Waals surface area contributed by atoms with Gasteiger partial charge in [0.25, 0.3) is 5.91 Å². The number of carbonyl (C=O) groups is 2. The van der Waals surface area contributed by atoms with Gasteiger partial charge in [0.15, 0.2) is 6.61 Å². The van der Waals surface area contributed by atoms with Crippen LogP contribution < -0.4 is 5.32 Å². The highest BCUT2D eigenvalue weighted by Crippen LogP contribution is 2.17. The smallest absolute Gasteiger partial charge is 0.338 e. The summed E-state index contributed by atoms with van der Waals surface area (Å²) >= 11 is 5.94. The van der Waals surface area contributed by atoms with Crippen LogP contribution in [0.3, 0.4) is 0 Å². The van der Waals surface area contributed by atoms with Crippen molar-refractivity contribution in [2.24, 2.45) is 0 Å². The highest BCUT2D eigenvalue weighted by atomic mass is 35.5. The van der Waals surface area contributed by atoms with Gasteiger partial charge in [0, 0.05) is 5.02 Å². The molecule has 0 aliphatic heterocycles. The fraction of sp³-hybridized carbons (Fsp3) is 0.263. The van der Waals surface area contributed by atoms with Crippen LogP contribution in [0.15, 0.2) is 42.5 Å². The molecule has 2 aromatic carbocycles. The van der Waals surface area contributed by atoms with Crippen molar-refractivity contribution < 1.29 is 14.3 Å². The van der Waals surface area contributed by atoms with E-state index in [1.807, 2.05) is 45.0 Å². The second-order valence-electron chi connectivity index (χ2n) is 5.74. The topological polar surface area (TPSA) is 55.4 Å². The number of hydrogen-bond acceptors (Lipinski definition) is 3. The van der Waals surface area contributed by atoms with Crippen molar-refractivity contribution in [3.63, 3.8) is 0 Å². The third-order valence-corrected chi connectivity index (χ3v) is 3.90. The summed E-state index contributed by atoms with van der Waals surface area (Å²) in [7, 11) is 0. The number of nitrogens with one attached hydrogen (secondary N) is 1. The lowest BCUT2D eigenvalue weighted by Gasteiger charge is -2.15. The molecule has 0 heterocycles. The third kappa shape index (κ3) is 4.83. The first-order valence-electron chi connectivity index (χ1n) is 7.66. The van der Waals surface area contributed by atoms with Gasteiger partial charge >= 0.3 is 5.97 Å². The molecule has 1 N–H and O–H groups in total. The maximum atomic E-state index is 12.1. The fourth-order valence-corrected chi connectivity index (χ4v) is 2.59. The molecule has 0 aliphatic carbocycles. The Morgan fingerprint density at radius 2 is 1.92 bits per heavy atom. The number of amides is 1. The largest absolute Gasteiger partial charge is 0.452 e. The summed E-state index contributed by atoms with van der Waals surface area (Å²) in [6, 6.07) is 12.5. The zero-order valence-electron chi connectivity index (χ0n) is 13.9. The molecular weight excluding hydrogens is 326 g/mol. The third-order valence-electron chi connectivity index (χ3n) is 3.66. The molecule has 1 atom stereocenters. The first kappa shape index (κ1) is 18.0. The van der Waals surface area contributed by atoms with Crippen LogP contribution in [0.5, 0.6) is 0 Å². The van der Waals surface area contributed by atoms with Gasteiger partial charge in [-0.2, -0.15) is 0 Å². The molecule has 126 valence electrons. The number of halogens is 1. The van der Waals surface area contributed by atoms with E-state index in [0.717, 1.165) is 16.7 Å². The Hall–Kier alpha value is -2.33. The number of carbonyl (C=O) groups excluding carboxylic acids is 2. The SMILES string of the molecule is Cc1ccc(C(=O)OCC(=O)N[C@@H](C)c2cccc(Cl)c2)c(C)c1. The van der Waals surface area contributed by atoms with Gasteiger partial charge in [-0.25, -0.2) is 4.79 Å². The van der Waals surface area contributed by atoms with Gasteiger partial charge < -0.3 is 10.1 Å². The van der Waals surface area contributed by atoms with Crippen molar-refractivity contribution in [1.29, 1.82) is 0 Å². The van der Waals surface area contributed by atoms with Crippen LogP contribution in [-0.4, -0.2) is 18.5 Å². The number of benzene rings is 2. The maximum absolute atomic E-state index is 12.1. The van der Waals surface area contributed by atoms with Crippen LogP contribution in [-0.2, 0) is 9.53 Å². The summed E-state index contributed by atoms with van der Waals surface area (Å²) in [4.78, 5) is 24.0. The van der Waals surface area contributed by atoms with E-state index in [1.165, 1.54) is 0 Å². The molecule has 5 heteroatoms. The lowest BCUT2D eigenvalue weighted by atomic mass is 10.1. The minimum atomic E-state index is -0.502. The second kappa shape index (κ2) is 7.97. The van der Waals surface area contributed by atoms with Crippen molar-refractivity contribution in [3.05, 3.63) is 69.7 Å². The molecule has 0 aromatic heterocycles. The summed E-state index contributed by atoms with van der Waals surface area (Å²) in [6.45, 7) is 5.31. The van der Waals surface area contributed by atoms with Crippen molar-refractivity contribution in [3.8, 4) is 0 Å². The highest BCUT2D eigenvalue weighted by molar-refractivity contribution is 6.30. The normalized spacial score (nSPS) is 11.7. The number of esters is 1. The zero-order chi connectivity index (χ0) is 17.7. The summed E-state index contributed by atoms with van der Waals surface area (Å²) < 4.78 is 5.09. The van der Waals surface area contributed by atoms with E-state index in [4.69, 9.17) is 16.3 Å². The summed E-state index contributed by atoms with van der Waals surface area (Å²) in [5, 5.41) is 3.39. The second-order valence-corrected chi connectivity index (χ2v) is 6.18. The molecule has 2 aromatic rings. The van der Waals surface area contributed by atoms with E-state index in [1.54, 1.807) is 18.2 Å². The molecule has 2 rings (SSSR count). The number of rotatable bonds is 5. The number of ether oxygens (including phenoxy) is 1. The average molecular weight is 346 g/mol. The van der Waals surface area contributed by atoms with E-state index in [2.05, 4.69) is 5.32 Å². The summed E-state index contributed by atoms with van der Waals surface area (Å²) in [5.74, 6) is -0.862. The molecule has 0 fully saturated rings. The average Bonchev–Trinajstić information content (AvgIpc) is 2.52. The van der Waals surface area contributed by atoms with E-state index in [9.17, 15) is 9.59 Å². The fourth-order valence-electron chi connectivity index (χ4n) is 2.39. The van der Waals surface area contributed by atoms with E-state index in [0.29, 0.717) is 10.6 Å². The van der Waals surface area contributed by atoms with Gasteiger partial charge in [-0.15, -0.1) is 0 Å². The van der Waals surface area contributed by atoms with Crippen LogP contribution in [0, 0.1) is 13.8 Å². The van der Waals surface area contributed by atoms with Crippen LogP contribution in [0.25, 0.3) is 0 Å². The molecule has 1 amide bonds. The van der Waals surface area contributed by atoms with Crippen molar-refractivity contribution in [1.82, 2.24) is 5.32 Å². The van der Waals surface area contributed by atoms with Crippen molar-refractivity contribution in [2.75, 3.05) is 6.61 Å². The van der Waals surface area contributed by atoms with Gasteiger partial charge in [-0.3, -0.25) is 4.79 Å². The first-order valence-corrected chi connectivity index (χ1v) is 8.04. The molecule has 0 radical (unpaired) electrons. The Balaban J connectivity index is 1.89. The zero-order valence-corrected chi connectivity index (χ0v) is 14.7. The molecule has 0 aliphatic rings. The highest BCUT2D eigenvalue weighted by Gasteiger charge is 2.14. The first-order chi connectivity index (χ1) is 11.4. The van der Waals surface area contributed by atoms with Crippen LogP contribution in [0.2, 0.25) is 5.02 Å². The lowest BCUT2D eigenvalue weighted by Crippen LogP contribution is -2.31. The monoisotopic (exact) mass is 345 g/mol. The van der Waals surface area contributed by atoms with Gasteiger partial charge in [0.05, 0.1) is 11.6 Å². The summed E-state index contributed by atoms with van der Waals surface area (Å²) in [5.41, 5.74) is 3.25. The van der Waals surface area contributed by atoms with Crippen LogP contribution in [0.1, 0.15) is 40.0 Å². The molecule has 0 unspecified atom stereocenters. The Morgan fingerprint density at radius 1 is 1.17 bits per heavy atom. The number of hydrogen-bond donors (Lipinski definition) is 1. The maximum Gasteiger partial charge on any atom is 0.338 e. The predicted molar refractivity (Wildman–Crippen MR) is 94.2 cm³/mol. The van der Waals surface area contributed by atoms with Crippen molar-refractivity contribution >= 4 is 23.5 Å². The minimum Gasteiger partial charge on any atom is -0.452 e. The lowest BCUT2D eigenvalue weighted by molar-refractivity contribution is -0.124. The van der Waals surface area contributed by atoms with Gasteiger partial charge in [0.1, 0.15) is 0 Å². The molecule has 4 nitrogen and oxygen atoms in total. The minimum absolute atomic E-state index is 0.226. The van der Waals surface area contributed by atoms with Gasteiger partial charge in [-0.1, -0.05) is 41.4 Å². The molecule has 24 heavy (non-hydrogen) atoms. The molecule has 0 saturated carbocycles. The Kier molecular flexibility index (Phi) is 5.99. The Bertz CT molecular complexity index is 758. The molecule has 0 saturated heterocycles. The van der Waals surface area contributed by atoms with E-state index < -0.39 is 5.97 Å². The van der Waals surface area contributed by atoms with E-state index >= 15 is 0 Å². The Labute approximate surface area is 146 Å². The number of aryl methyl sites for hydroxylation is 2. The van der Waals surface area contributed by atoms with Gasteiger partial charge in [-0.05, 0) is 50.1 Å². The molecule has 0 bridgehead atoms. The van der Waals surface area contributed by atoms with E-state index in [-0.39, 0.29) is 18.6 Å².